The molecule has 0 bridgehead atoms. The molecule has 2 fully saturated rings. The fraction of sp³-hybridized carbons (Fsp3) is 0.733. The van der Waals surface area contributed by atoms with E-state index >= 15 is 0 Å². The van der Waals surface area contributed by atoms with Crippen molar-refractivity contribution in [3.05, 3.63) is 16.3 Å². The Morgan fingerprint density at radius 1 is 1.32 bits per heavy atom. The lowest BCUT2D eigenvalue weighted by Gasteiger charge is -2.34. The van der Waals surface area contributed by atoms with Gasteiger partial charge < -0.3 is 15.0 Å². The van der Waals surface area contributed by atoms with E-state index in [0.717, 1.165) is 36.9 Å². The third-order valence-corrected chi connectivity index (χ3v) is 5.19. The summed E-state index contributed by atoms with van der Waals surface area (Å²) in [6.07, 6.45) is 2.67. The molecule has 0 amide bonds. The molecule has 0 aromatic carbocycles. The average molecular weight is 327 g/mol. The summed E-state index contributed by atoms with van der Waals surface area (Å²) < 4.78 is 19.7. The van der Waals surface area contributed by atoms with E-state index in [4.69, 9.17) is 16.3 Å². The fourth-order valence-electron chi connectivity index (χ4n) is 3.54. The van der Waals surface area contributed by atoms with Crippen molar-refractivity contribution in [3.63, 3.8) is 0 Å². The number of alkyl halides is 1. The first kappa shape index (κ1) is 14.6. The first-order chi connectivity index (χ1) is 10.5. The van der Waals surface area contributed by atoms with Gasteiger partial charge >= 0.3 is 0 Å². The lowest BCUT2D eigenvalue weighted by molar-refractivity contribution is 0.00813. The summed E-state index contributed by atoms with van der Waals surface area (Å²) in [7, 11) is 1.93. The van der Waals surface area contributed by atoms with Crippen LogP contribution >= 0.6 is 11.6 Å². The van der Waals surface area contributed by atoms with E-state index in [9.17, 15) is 4.39 Å². The number of likely N-dealkylation sites (tertiary alicyclic amines) is 1. The third-order valence-electron chi connectivity index (χ3n) is 4.89. The molecule has 1 saturated heterocycles. The van der Waals surface area contributed by atoms with Gasteiger partial charge in [0.15, 0.2) is 11.0 Å². The zero-order valence-electron chi connectivity index (χ0n) is 12.6. The molecular formula is C15H20ClFN4O. The van der Waals surface area contributed by atoms with Crippen molar-refractivity contribution in [2.45, 2.75) is 50.1 Å². The van der Waals surface area contributed by atoms with E-state index in [1.165, 1.54) is 0 Å². The summed E-state index contributed by atoms with van der Waals surface area (Å²) in [5, 5.41) is 12.1. The number of hydrogen-bond donors (Lipinski definition) is 1. The number of halogens is 2. The van der Waals surface area contributed by atoms with Gasteiger partial charge in [-0.2, -0.15) is 0 Å². The van der Waals surface area contributed by atoms with E-state index < -0.39 is 6.17 Å². The molecule has 1 aromatic rings. The van der Waals surface area contributed by atoms with Gasteiger partial charge in [0.25, 0.3) is 0 Å². The molecule has 3 heterocycles. The lowest BCUT2D eigenvalue weighted by Crippen LogP contribution is -2.45. The van der Waals surface area contributed by atoms with Gasteiger partial charge in [0, 0.05) is 43.1 Å². The number of nitrogens with zero attached hydrogens (tertiary/aromatic N) is 3. The summed E-state index contributed by atoms with van der Waals surface area (Å²) in [4.78, 5) is 2.00. The number of fused-ring (bicyclic) bond motifs is 1. The Bertz CT molecular complexity index is 585. The molecule has 1 aromatic heterocycles. The molecule has 1 spiro atoms. The molecule has 22 heavy (non-hydrogen) atoms. The van der Waals surface area contributed by atoms with Crippen molar-refractivity contribution in [1.82, 2.24) is 15.1 Å². The monoisotopic (exact) mass is 326 g/mol. The molecule has 0 radical (unpaired) electrons. The van der Waals surface area contributed by atoms with Gasteiger partial charge in [0.2, 0.25) is 0 Å². The Kier molecular flexibility index (Phi) is 3.51. The number of nitrogens with one attached hydrogen (secondary N) is 1. The average Bonchev–Trinajstić information content (AvgIpc) is 3.20. The quantitative estimate of drug-likeness (QED) is 0.903. The Hall–Kier alpha value is -0.980. The Morgan fingerprint density at radius 2 is 2.14 bits per heavy atom. The SMILES string of the molecule is CN1C[C@H](F)C[C@@H](Nc2nnc(Cl)c3c2COC2(CC2)C3)C1. The second-order valence-electron chi connectivity index (χ2n) is 6.84. The van der Waals surface area contributed by atoms with Crippen LogP contribution in [0, 0.1) is 0 Å². The minimum absolute atomic E-state index is 0.00790. The van der Waals surface area contributed by atoms with Crippen molar-refractivity contribution in [2.75, 3.05) is 25.5 Å². The minimum atomic E-state index is -0.807. The number of anilines is 1. The first-order valence-corrected chi connectivity index (χ1v) is 8.19. The number of hydrogen-bond acceptors (Lipinski definition) is 5. The number of piperidine rings is 1. The van der Waals surface area contributed by atoms with E-state index in [-0.39, 0.29) is 11.6 Å². The van der Waals surface area contributed by atoms with Crippen molar-refractivity contribution >= 4 is 17.4 Å². The van der Waals surface area contributed by atoms with Crippen LogP contribution in [-0.4, -0.2) is 53.0 Å². The zero-order chi connectivity index (χ0) is 15.3. The molecule has 2 atom stereocenters. The summed E-state index contributed by atoms with van der Waals surface area (Å²) in [5.74, 6) is 0.697. The molecule has 3 aliphatic rings. The number of aromatic nitrogens is 2. The lowest BCUT2D eigenvalue weighted by atomic mass is 9.99. The van der Waals surface area contributed by atoms with E-state index in [2.05, 4.69) is 15.5 Å². The van der Waals surface area contributed by atoms with Crippen LogP contribution in [0.2, 0.25) is 5.15 Å². The summed E-state index contributed by atoms with van der Waals surface area (Å²) >= 11 is 6.23. The minimum Gasteiger partial charge on any atom is -0.370 e. The van der Waals surface area contributed by atoms with Gasteiger partial charge in [-0.05, 0) is 19.9 Å². The second kappa shape index (κ2) is 5.28. The smallest absolute Gasteiger partial charge is 0.155 e. The van der Waals surface area contributed by atoms with Crippen molar-refractivity contribution in [2.24, 2.45) is 0 Å². The Labute approximate surface area is 134 Å². The highest BCUT2D eigenvalue weighted by atomic mass is 35.5. The van der Waals surface area contributed by atoms with Gasteiger partial charge in [-0.3, -0.25) is 0 Å². The molecule has 1 N–H and O–H groups in total. The van der Waals surface area contributed by atoms with Crippen LogP contribution in [0.5, 0.6) is 0 Å². The molecule has 2 aliphatic heterocycles. The number of ether oxygens (including phenoxy) is 1. The normalized spacial score (nSPS) is 30.1. The summed E-state index contributed by atoms with van der Waals surface area (Å²) in [6.45, 7) is 1.80. The zero-order valence-corrected chi connectivity index (χ0v) is 13.4. The highest BCUT2D eigenvalue weighted by Gasteiger charge is 2.48. The van der Waals surface area contributed by atoms with Crippen molar-refractivity contribution < 1.29 is 9.13 Å². The Balaban J connectivity index is 1.57. The van der Waals surface area contributed by atoms with Crippen molar-refractivity contribution in [3.8, 4) is 0 Å². The van der Waals surface area contributed by atoms with Gasteiger partial charge in [0.1, 0.15) is 6.17 Å². The van der Waals surface area contributed by atoms with Crippen molar-refractivity contribution in [1.29, 1.82) is 0 Å². The molecule has 4 rings (SSSR count). The standard InChI is InChI=1S/C15H20ClFN4O/c1-21-6-9(17)4-10(7-21)18-14-12-8-22-15(2-3-15)5-11(12)13(16)19-20-14/h9-10H,2-8H2,1H3,(H,18,20)/t9-,10-/m1/s1. The molecular weight excluding hydrogens is 307 g/mol. The third kappa shape index (κ3) is 2.68. The predicted molar refractivity (Wildman–Crippen MR) is 81.9 cm³/mol. The number of likely N-dealkylation sites (N-methyl/N-ethyl adjacent to an activating group) is 1. The first-order valence-electron chi connectivity index (χ1n) is 7.82. The van der Waals surface area contributed by atoms with Crippen LogP contribution in [0.15, 0.2) is 0 Å². The number of rotatable bonds is 2. The molecule has 120 valence electrons. The van der Waals surface area contributed by atoms with E-state index in [0.29, 0.717) is 30.5 Å². The summed E-state index contributed by atoms with van der Waals surface area (Å²) in [6, 6.07) is 0.0325. The predicted octanol–water partition coefficient (Wildman–Crippen LogP) is 2.19. The molecule has 7 heteroatoms. The topological polar surface area (TPSA) is 50.3 Å². The maximum Gasteiger partial charge on any atom is 0.155 e. The molecule has 0 unspecified atom stereocenters. The van der Waals surface area contributed by atoms with Crippen LogP contribution < -0.4 is 5.32 Å². The van der Waals surface area contributed by atoms with Gasteiger partial charge in [0.05, 0.1) is 12.2 Å². The van der Waals surface area contributed by atoms with Crippen LogP contribution in [0.1, 0.15) is 30.4 Å². The highest BCUT2D eigenvalue weighted by molar-refractivity contribution is 6.30. The van der Waals surface area contributed by atoms with Gasteiger partial charge in [-0.1, -0.05) is 11.6 Å². The van der Waals surface area contributed by atoms with Crippen LogP contribution in [-0.2, 0) is 17.8 Å². The second-order valence-corrected chi connectivity index (χ2v) is 7.20. The largest absolute Gasteiger partial charge is 0.370 e. The van der Waals surface area contributed by atoms with E-state index in [1.807, 2.05) is 11.9 Å². The highest BCUT2D eigenvalue weighted by Crippen LogP contribution is 2.48. The maximum atomic E-state index is 13.7. The van der Waals surface area contributed by atoms with E-state index in [1.54, 1.807) is 0 Å². The molecule has 5 nitrogen and oxygen atoms in total. The van der Waals surface area contributed by atoms with Gasteiger partial charge in [-0.25, -0.2) is 4.39 Å². The molecule has 1 aliphatic carbocycles. The summed E-state index contributed by atoms with van der Waals surface area (Å²) in [5.41, 5.74) is 2.02. The van der Waals surface area contributed by atoms with Crippen LogP contribution in [0.3, 0.4) is 0 Å². The maximum absolute atomic E-state index is 13.7. The fourth-order valence-corrected chi connectivity index (χ4v) is 3.76. The Morgan fingerprint density at radius 3 is 2.86 bits per heavy atom. The van der Waals surface area contributed by atoms with Crippen LogP contribution in [0.4, 0.5) is 10.2 Å². The van der Waals surface area contributed by atoms with Crippen LogP contribution in [0.25, 0.3) is 0 Å². The molecule has 1 saturated carbocycles. The van der Waals surface area contributed by atoms with Gasteiger partial charge in [-0.15, -0.1) is 10.2 Å².